The molecule has 8 heteroatoms. The van der Waals surface area contributed by atoms with Crippen molar-refractivity contribution in [1.29, 1.82) is 0 Å². The number of hydrogen-bond acceptors (Lipinski definition) is 6. The number of carbonyl (C=O) groups is 1. The second-order valence-corrected chi connectivity index (χ2v) is 7.09. The van der Waals surface area contributed by atoms with Gasteiger partial charge in [0.05, 0.1) is 16.1 Å². The van der Waals surface area contributed by atoms with Gasteiger partial charge in [0.25, 0.3) is 11.8 Å². The molecule has 3 rings (SSSR count). The molecule has 0 unspecified atom stereocenters. The Kier molecular flexibility index (Phi) is 4.64. The third-order valence-electron chi connectivity index (χ3n) is 3.32. The summed E-state index contributed by atoms with van der Waals surface area (Å²) >= 11 is 7.43. The normalized spacial score (nSPS) is 11.0. The topological polar surface area (TPSA) is 80.9 Å². The Labute approximate surface area is 147 Å². The summed E-state index contributed by atoms with van der Waals surface area (Å²) in [5, 5.41) is 11.1. The molecule has 0 atom stereocenters. The van der Waals surface area contributed by atoms with Crippen molar-refractivity contribution < 1.29 is 9.21 Å². The van der Waals surface area contributed by atoms with Gasteiger partial charge in [-0.15, -0.1) is 21.5 Å². The second kappa shape index (κ2) is 6.70. The van der Waals surface area contributed by atoms with E-state index in [4.69, 9.17) is 16.0 Å². The molecular formula is C16H15ClN4O2S. The first-order valence-electron chi connectivity index (χ1n) is 7.31. The quantitative estimate of drug-likeness (QED) is 0.689. The molecular weight excluding hydrogens is 348 g/mol. The SMILES string of the molecule is Cc1sc(-c2nnc(C(C)C)o2)cc1NC(=O)c1cccnc1Cl. The minimum absolute atomic E-state index is 0.166. The molecule has 6 nitrogen and oxygen atoms in total. The van der Waals surface area contributed by atoms with Crippen molar-refractivity contribution in [3.05, 3.63) is 45.9 Å². The van der Waals surface area contributed by atoms with Crippen molar-refractivity contribution >= 4 is 34.5 Å². The van der Waals surface area contributed by atoms with Gasteiger partial charge in [0, 0.05) is 17.0 Å². The zero-order valence-electron chi connectivity index (χ0n) is 13.3. The van der Waals surface area contributed by atoms with Crippen LogP contribution in [0.2, 0.25) is 5.15 Å². The maximum atomic E-state index is 12.3. The first kappa shape index (κ1) is 16.6. The largest absolute Gasteiger partial charge is 0.420 e. The lowest BCUT2D eigenvalue weighted by atomic mass is 10.2. The summed E-state index contributed by atoms with van der Waals surface area (Å²) in [5.74, 6) is 0.892. The van der Waals surface area contributed by atoms with Crippen LogP contribution in [0.4, 0.5) is 5.69 Å². The maximum Gasteiger partial charge on any atom is 0.258 e. The zero-order valence-corrected chi connectivity index (χ0v) is 14.9. The van der Waals surface area contributed by atoms with Crippen LogP contribution in [0.5, 0.6) is 0 Å². The van der Waals surface area contributed by atoms with Crippen LogP contribution in [-0.2, 0) is 0 Å². The van der Waals surface area contributed by atoms with Crippen molar-refractivity contribution in [2.75, 3.05) is 5.32 Å². The number of nitrogens with zero attached hydrogens (tertiary/aromatic N) is 3. The van der Waals surface area contributed by atoms with Crippen LogP contribution in [0.1, 0.15) is 40.9 Å². The summed E-state index contributed by atoms with van der Waals surface area (Å²) in [7, 11) is 0. The highest BCUT2D eigenvalue weighted by Crippen LogP contribution is 2.34. The van der Waals surface area contributed by atoms with Crippen LogP contribution < -0.4 is 5.32 Å². The summed E-state index contributed by atoms with van der Waals surface area (Å²) in [4.78, 5) is 18.0. The van der Waals surface area contributed by atoms with Crippen LogP contribution in [0.25, 0.3) is 10.8 Å². The Hall–Kier alpha value is -2.25. The van der Waals surface area contributed by atoms with Gasteiger partial charge in [-0.1, -0.05) is 25.4 Å². The van der Waals surface area contributed by atoms with Gasteiger partial charge in [-0.05, 0) is 25.1 Å². The smallest absolute Gasteiger partial charge is 0.258 e. The van der Waals surface area contributed by atoms with Gasteiger partial charge in [0.2, 0.25) is 5.89 Å². The molecule has 3 aromatic heterocycles. The van der Waals surface area contributed by atoms with Crippen LogP contribution in [-0.4, -0.2) is 21.1 Å². The van der Waals surface area contributed by atoms with E-state index in [0.717, 1.165) is 9.75 Å². The van der Waals surface area contributed by atoms with E-state index in [0.29, 0.717) is 23.0 Å². The number of amides is 1. The van der Waals surface area contributed by atoms with E-state index in [2.05, 4.69) is 20.5 Å². The first-order chi connectivity index (χ1) is 11.5. The molecule has 124 valence electrons. The Bertz CT molecular complexity index is 888. The predicted octanol–water partition coefficient (Wildman–Crippen LogP) is 4.53. The Balaban J connectivity index is 1.84. The number of hydrogen-bond donors (Lipinski definition) is 1. The van der Waals surface area contributed by atoms with Crippen LogP contribution in [0.15, 0.2) is 28.8 Å². The number of aryl methyl sites for hydroxylation is 1. The molecule has 0 aliphatic rings. The van der Waals surface area contributed by atoms with Crippen LogP contribution >= 0.6 is 22.9 Å². The van der Waals surface area contributed by atoms with E-state index in [1.807, 2.05) is 26.8 Å². The van der Waals surface area contributed by atoms with Crippen LogP contribution in [0.3, 0.4) is 0 Å². The van der Waals surface area contributed by atoms with Gasteiger partial charge < -0.3 is 9.73 Å². The number of rotatable bonds is 4. The average Bonchev–Trinajstić information content (AvgIpc) is 3.15. The van der Waals surface area contributed by atoms with Crippen LogP contribution in [0, 0.1) is 6.92 Å². The molecule has 0 saturated carbocycles. The number of nitrogens with one attached hydrogen (secondary N) is 1. The molecule has 0 bridgehead atoms. The molecule has 1 N–H and O–H groups in total. The zero-order chi connectivity index (χ0) is 17.3. The lowest BCUT2D eigenvalue weighted by Gasteiger charge is -2.05. The molecule has 3 aromatic rings. The number of pyridine rings is 1. The number of aromatic nitrogens is 3. The second-order valence-electron chi connectivity index (χ2n) is 5.48. The van der Waals surface area contributed by atoms with Crippen molar-refractivity contribution in [2.24, 2.45) is 0 Å². The molecule has 0 fully saturated rings. The van der Waals surface area contributed by atoms with Crippen molar-refractivity contribution in [1.82, 2.24) is 15.2 Å². The standard InChI is InChI=1S/C16H15ClN4O2S/c1-8(2)15-20-21-16(23-15)12-7-11(9(3)24-12)19-14(22)10-5-4-6-18-13(10)17/h4-8H,1-3H3,(H,19,22). The molecule has 0 aromatic carbocycles. The molecule has 24 heavy (non-hydrogen) atoms. The van der Waals surface area contributed by atoms with Crippen molar-refractivity contribution in [3.63, 3.8) is 0 Å². The van der Waals surface area contributed by atoms with E-state index in [1.54, 1.807) is 12.1 Å². The molecule has 0 spiro atoms. The molecule has 3 heterocycles. The predicted molar refractivity (Wildman–Crippen MR) is 93.6 cm³/mol. The summed E-state index contributed by atoms with van der Waals surface area (Å²) in [6, 6.07) is 5.11. The van der Waals surface area contributed by atoms with E-state index < -0.39 is 0 Å². The fraction of sp³-hybridized carbons (Fsp3) is 0.250. The third kappa shape index (κ3) is 3.32. The fourth-order valence-electron chi connectivity index (χ4n) is 2.02. The van der Waals surface area contributed by atoms with Crippen molar-refractivity contribution in [3.8, 4) is 10.8 Å². The Morgan fingerprint density at radius 2 is 2.17 bits per heavy atom. The Morgan fingerprint density at radius 3 is 2.83 bits per heavy atom. The van der Waals surface area contributed by atoms with Gasteiger partial charge in [-0.2, -0.15) is 0 Å². The molecule has 0 aliphatic carbocycles. The minimum atomic E-state index is -0.311. The van der Waals surface area contributed by atoms with E-state index in [-0.39, 0.29) is 17.0 Å². The van der Waals surface area contributed by atoms with E-state index in [9.17, 15) is 4.79 Å². The number of anilines is 1. The lowest BCUT2D eigenvalue weighted by molar-refractivity contribution is 0.102. The number of carbonyl (C=O) groups excluding carboxylic acids is 1. The highest BCUT2D eigenvalue weighted by atomic mass is 35.5. The first-order valence-corrected chi connectivity index (χ1v) is 8.51. The molecule has 0 aliphatic heterocycles. The number of halogens is 1. The van der Waals surface area contributed by atoms with E-state index in [1.165, 1.54) is 17.5 Å². The van der Waals surface area contributed by atoms with Gasteiger partial charge in [0.15, 0.2) is 0 Å². The van der Waals surface area contributed by atoms with Gasteiger partial charge >= 0.3 is 0 Å². The summed E-state index contributed by atoms with van der Waals surface area (Å²) in [5.41, 5.74) is 1.01. The summed E-state index contributed by atoms with van der Waals surface area (Å²) < 4.78 is 5.65. The Morgan fingerprint density at radius 1 is 1.38 bits per heavy atom. The molecule has 0 radical (unpaired) electrons. The van der Waals surface area contributed by atoms with Gasteiger partial charge in [0.1, 0.15) is 5.15 Å². The maximum absolute atomic E-state index is 12.3. The molecule has 0 saturated heterocycles. The molecule has 1 amide bonds. The monoisotopic (exact) mass is 362 g/mol. The van der Waals surface area contributed by atoms with Crippen molar-refractivity contribution in [2.45, 2.75) is 26.7 Å². The fourth-order valence-corrected chi connectivity index (χ4v) is 3.13. The lowest BCUT2D eigenvalue weighted by Crippen LogP contribution is -2.12. The summed E-state index contributed by atoms with van der Waals surface area (Å²) in [6.07, 6.45) is 1.54. The minimum Gasteiger partial charge on any atom is -0.420 e. The van der Waals surface area contributed by atoms with Gasteiger partial charge in [-0.25, -0.2) is 4.98 Å². The van der Waals surface area contributed by atoms with E-state index >= 15 is 0 Å². The third-order valence-corrected chi connectivity index (χ3v) is 4.65. The number of thiophene rings is 1. The highest BCUT2D eigenvalue weighted by Gasteiger charge is 2.17. The highest BCUT2D eigenvalue weighted by molar-refractivity contribution is 7.15. The average molecular weight is 363 g/mol. The summed E-state index contributed by atoms with van der Waals surface area (Å²) in [6.45, 7) is 5.88. The van der Waals surface area contributed by atoms with Gasteiger partial charge in [-0.3, -0.25) is 4.79 Å².